The first-order chi connectivity index (χ1) is 11.7. The summed E-state index contributed by atoms with van der Waals surface area (Å²) in [5.41, 5.74) is 0. The molecule has 2 N–H and O–H groups in total. The largest absolute Gasteiger partial charge is 0.497 e. The molecule has 1 aromatic carbocycles. The van der Waals surface area contributed by atoms with Crippen LogP contribution in [0.4, 0.5) is 0 Å². The molecule has 0 aliphatic heterocycles. The van der Waals surface area contributed by atoms with Gasteiger partial charge in [-0.3, -0.25) is 0 Å². The van der Waals surface area contributed by atoms with Gasteiger partial charge < -0.3 is 20.1 Å². The van der Waals surface area contributed by atoms with Gasteiger partial charge in [0.25, 0.3) is 0 Å². The van der Waals surface area contributed by atoms with Crippen LogP contribution in [0.25, 0.3) is 0 Å². The molecule has 0 spiro atoms. The first-order valence-corrected chi connectivity index (χ1v) is 9.90. The van der Waals surface area contributed by atoms with Gasteiger partial charge in [0, 0.05) is 13.1 Å². The van der Waals surface area contributed by atoms with Gasteiger partial charge in [-0.05, 0) is 63.0 Å². The van der Waals surface area contributed by atoms with Crippen LogP contribution in [0.5, 0.6) is 11.5 Å². The van der Waals surface area contributed by atoms with E-state index in [1.807, 2.05) is 43.0 Å². The summed E-state index contributed by atoms with van der Waals surface area (Å²) >= 11 is 1.89. The Morgan fingerprint density at radius 3 is 2.44 bits per heavy atom. The van der Waals surface area contributed by atoms with Crippen LogP contribution in [0.1, 0.15) is 26.7 Å². The first kappa shape index (κ1) is 24.2. The van der Waals surface area contributed by atoms with Crippen molar-refractivity contribution < 1.29 is 9.47 Å². The van der Waals surface area contributed by atoms with E-state index in [1.54, 1.807) is 7.11 Å². The van der Waals surface area contributed by atoms with Crippen LogP contribution in [-0.2, 0) is 0 Å². The molecule has 0 amide bonds. The molecule has 144 valence electrons. The van der Waals surface area contributed by atoms with E-state index in [4.69, 9.17) is 9.47 Å². The second-order valence-corrected chi connectivity index (χ2v) is 6.44. The minimum absolute atomic E-state index is 0. The Morgan fingerprint density at radius 2 is 1.84 bits per heavy atom. The topological polar surface area (TPSA) is 54.9 Å². The van der Waals surface area contributed by atoms with E-state index in [0.29, 0.717) is 6.54 Å². The van der Waals surface area contributed by atoms with Gasteiger partial charge in [0.1, 0.15) is 17.6 Å². The van der Waals surface area contributed by atoms with Gasteiger partial charge in [-0.15, -0.1) is 24.0 Å². The van der Waals surface area contributed by atoms with Gasteiger partial charge in [-0.25, -0.2) is 4.99 Å². The fourth-order valence-electron chi connectivity index (χ4n) is 2.06. The Kier molecular flexibility index (Phi) is 14.9. The van der Waals surface area contributed by atoms with E-state index in [2.05, 4.69) is 28.8 Å². The number of methoxy groups -OCH3 is 1. The Balaban J connectivity index is 0.00000576. The van der Waals surface area contributed by atoms with Crippen LogP contribution in [-0.4, -0.2) is 50.8 Å². The van der Waals surface area contributed by atoms with Gasteiger partial charge in [-0.2, -0.15) is 11.8 Å². The van der Waals surface area contributed by atoms with Crippen molar-refractivity contribution in [2.75, 3.05) is 38.8 Å². The summed E-state index contributed by atoms with van der Waals surface area (Å²) < 4.78 is 11.0. The van der Waals surface area contributed by atoms with Gasteiger partial charge in [0.2, 0.25) is 0 Å². The van der Waals surface area contributed by atoms with Crippen molar-refractivity contribution in [3.63, 3.8) is 0 Å². The average molecular weight is 481 g/mol. The number of aliphatic imine (C=N–C) groups is 1. The molecule has 1 unspecified atom stereocenters. The molecule has 1 rings (SSSR count). The quantitative estimate of drug-likeness (QED) is 0.218. The van der Waals surface area contributed by atoms with Crippen molar-refractivity contribution in [1.82, 2.24) is 10.6 Å². The molecule has 0 heterocycles. The van der Waals surface area contributed by atoms with E-state index >= 15 is 0 Å². The van der Waals surface area contributed by atoms with E-state index in [9.17, 15) is 0 Å². The molecule has 1 aromatic rings. The maximum absolute atomic E-state index is 5.88. The number of benzene rings is 1. The third-order valence-corrected chi connectivity index (χ3v) is 4.01. The zero-order chi connectivity index (χ0) is 17.6. The Morgan fingerprint density at radius 1 is 1.16 bits per heavy atom. The molecule has 0 aliphatic rings. The molecule has 0 saturated heterocycles. The molecule has 0 aromatic heterocycles. The number of unbranched alkanes of at least 4 members (excludes halogenated alkanes) is 1. The molecule has 1 atom stereocenters. The lowest BCUT2D eigenvalue weighted by molar-refractivity contribution is 0.230. The summed E-state index contributed by atoms with van der Waals surface area (Å²) in [7, 11) is 1.66. The van der Waals surface area contributed by atoms with E-state index in [0.717, 1.165) is 37.0 Å². The number of nitrogens with one attached hydrogen (secondary N) is 2. The van der Waals surface area contributed by atoms with E-state index < -0.39 is 0 Å². The number of rotatable bonds is 11. The number of nitrogens with zero attached hydrogens (tertiary/aromatic N) is 1. The molecular weight excluding hydrogens is 449 g/mol. The van der Waals surface area contributed by atoms with Crippen molar-refractivity contribution >= 4 is 41.7 Å². The number of halogens is 1. The summed E-state index contributed by atoms with van der Waals surface area (Å²) in [6.45, 7) is 6.49. The molecule has 5 nitrogen and oxygen atoms in total. The van der Waals surface area contributed by atoms with Crippen LogP contribution in [0.2, 0.25) is 0 Å². The average Bonchev–Trinajstić information content (AvgIpc) is 2.60. The normalized spacial score (nSPS) is 12.1. The molecule has 0 aliphatic carbocycles. The fraction of sp³-hybridized carbons (Fsp3) is 0.611. The summed E-state index contributed by atoms with van der Waals surface area (Å²) in [5, 5.41) is 6.64. The monoisotopic (exact) mass is 481 g/mol. The van der Waals surface area contributed by atoms with Crippen LogP contribution in [0.3, 0.4) is 0 Å². The lowest BCUT2D eigenvalue weighted by atomic mass is 10.3. The molecule has 25 heavy (non-hydrogen) atoms. The van der Waals surface area contributed by atoms with Crippen LogP contribution in [0, 0.1) is 0 Å². The van der Waals surface area contributed by atoms with Gasteiger partial charge in [-0.1, -0.05) is 0 Å². The number of hydrogen-bond acceptors (Lipinski definition) is 4. The summed E-state index contributed by atoms with van der Waals surface area (Å²) in [6, 6.07) is 7.61. The van der Waals surface area contributed by atoms with Crippen molar-refractivity contribution in [2.24, 2.45) is 4.99 Å². The zero-order valence-corrected chi connectivity index (χ0v) is 18.9. The van der Waals surface area contributed by atoms with Crippen LogP contribution in [0.15, 0.2) is 29.3 Å². The lowest BCUT2D eigenvalue weighted by Crippen LogP contribution is -2.38. The molecule has 0 radical (unpaired) electrons. The zero-order valence-electron chi connectivity index (χ0n) is 15.7. The summed E-state index contributed by atoms with van der Waals surface area (Å²) in [5.74, 6) is 3.72. The Hall–Kier alpha value is -0.830. The molecule has 0 fully saturated rings. The van der Waals surface area contributed by atoms with E-state index in [1.165, 1.54) is 12.2 Å². The van der Waals surface area contributed by atoms with Crippen molar-refractivity contribution in [3.05, 3.63) is 24.3 Å². The SMILES string of the molecule is CCNC(=NCC(C)Oc1ccc(OC)cc1)NCCCCSC.I. The number of hydrogen-bond donors (Lipinski definition) is 2. The summed E-state index contributed by atoms with van der Waals surface area (Å²) in [6.07, 6.45) is 4.53. The van der Waals surface area contributed by atoms with Crippen LogP contribution < -0.4 is 20.1 Å². The predicted octanol–water partition coefficient (Wildman–Crippen LogP) is 3.78. The minimum Gasteiger partial charge on any atom is -0.497 e. The van der Waals surface area contributed by atoms with Crippen molar-refractivity contribution in [2.45, 2.75) is 32.8 Å². The van der Waals surface area contributed by atoms with Crippen LogP contribution >= 0.6 is 35.7 Å². The summed E-state index contributed by atoms with van der Waals surface area (Å²) in [4.78, 5) is 4.60. The minimum atomic E-state index is 0. The second kappa shape index (κ2) is 15.4. The molecular formula is C18H32IN3O2S. The fourth-order valence-corrected chi connectivity index (χ4v) is 2.56. The third-order valence-electron chi connectivity index (χ3n) is 3.32. The lowest BCUT2D eigenvalue weighted by Gasteiger charge is -2.15. The molecule has 0 bridgehead atoms. The predicted molar refractivity (Wildman–Crippen MR) is 120 cm³/mol. The molecule has 7 heteroatoms. The smallest absolute Gasteiger partial charge is 0.191 e. The first-order valence-electron chi connectivity index (χ1n) is 8.51. The Bertz CT molecular complexity index is 472. The third kappa shape index (κ3) is 11.4. The highest BCUT2D eigenvalue weighted by Crippen LogP contribution is 2.18. The molecule has 0 saturated carbocycles. The van der Waals surface area contributed by atoms with Crippen molar-refractivity contribution in [1.29, 1.82) is 0 Å². The standard InChI is InChI=1S/C18H31N3O2S.HI/c1-5-19-18(20-12-6-7-13-24-4)21-14-15(2)23-17-10-8-16(22-3)9-11-17;/h8-11,15H,5-7,12-14H2,1-4H3,(H2,19,20,21);1H. The second-order valence-electron chi connectivity index (χ2n) is 5.45. The number of ether oxygens (including phenoxy) is 2. The maximum Gasteiger partial charge on any atom is 0.191 e. The van der Waals surface area contributed by atoms with E-state index in [-0.39, 0.29) is 30.1 Å². The van der Waals surface area contributed by atoms with Gasteiger partial charge >= 0.3 is 0 Å². The highest BCUT2D eigenvalue weighted by atomic mass is 127. The van der Waals surface area contributed by atoms with Gasteiger partial charge in [0.15, 0.2) is 5.96 Å². The van der Waals surface area contributed by atoms with Crippen molar-refractivity contribution in [3.8, 4) is 11.5 Å². The number of thioether (sulfide) groups is 1. The maximum atomic E-state index is 5.88. The highest BCUT2D eigenvalue weighted by Gasteiger charge is 2.05. The van der Waals surface area contributed by atoms with Gasteiger partial charge in [0.05, 0.1) is 13.7 Å². The number of guanidine groups is 1. The Labute approximate surface area is 173 Å². The highest BCUT2D eigenvalue weighted by molar-refractivity contribution is 14.0.